The second-order valence-electron chi connectivity index (χ2n) is 7.45. The molecular formula is C20H26N4OS. The van der Waals surface area contributed by atoms with Crippen molar-refractivity contribution in [2.45, 2.75) is 31.3 Å². The third kappa shape index (κ3) is 3.68. The first-order valence-corrected chi connectivity index (χ1v) is 10.2. The number of hydrogen-bond donors (Lipinski definition) is 1. The van der Waals surface area contributed by atoms with Crippen LogP contribution in [-0.4, -0.2) is 59.5 Å². The molecule has 0 radical (unpaired) electrons. The van der Waals surface area contributed by atoms with Crippen LogP contribution < -0.4 is 5.32 Å². The molecule has 1 N–H and O–H groups in total. The van der Waals surface area contributed by atoms with Gasteiger partial charge in [0.25, 0.3) is 0 Å². The summed E-state index contributed by atoms with van der Waals surface area (Å²) in [7, 11) is 2.22. The molecule has 2 aliphatic heterocycles. The van der Waals surface area contributed by atoms with Crippen LogP contribution in [0.2, 0.25) is 0 Å². The van der Waals surface area contributed by atoms with E-state index in [0.29, 0.717) is 6.42 Å². The molecule has 1 aromatic carbocycles. The van der Waals surface area contributed by atoms with E-state index in [1.165, 1.54) is 10.4 Å². The summed E-state index contributed by atoms with van der Waals surface area (Å²) < 4.78 is 0. The molecule has 6 heteroatoms. The number of benzene rings is 1. The molecule has 1 aromatic heterocycles. The zero-order chi connectivity index (χ0) is 18.0. The van der Waals surface area contributed by atoms with Gasteiger partial charge >= 0.3 is 0 Å². The molecule has 2 fully saturated rings. The minimum atomic E-state index is 0.115. The van der Waals surface area contributed by atoms with Crippen LogP contribution in [0.15, 0.2) is 36.5 Å². The summed E-state index contributed by atoms with van der Waals surface area (Å²) >= 11 is 1.79. The van der Waals surface area contributed by atoms with Crippen molar-refractivity contribution in [3.63, 3.8) is 0 Å². The molecule has 1 spiro atoms. The highest BCUT2D eigenvalue weighted by molar-refractivity contribution is 7.15. The Bertz CT molecular complexity index is 762. The van der Waals surface area contributed by atoms with E-state index in [1.54, 1.807) is 11.3 Å². The molecule has 2 saturated heterocycles. The minimum absolute atomic E-state index is 0.115. The molecule has 3 heterocycles. The summed E-state index contributed by atoms with van der Waals surface area (Å²) in [6.07, 6.45) is 4.64. The predicted molar refractivity (Wildman–Crippen MR) is 105 cm³/mol. The Morgan fingerprint density at radius 2 is 2.08 bits per heavy atom. The van der Waals surface area contributed by atoms with Crippen molar-refractivity contribution in [1.82, 2.24) is 20.1 Å². The van der Waals surface area contributed by atoms with Gasteiger partial charge in [0.1, 0.15) is 5.01 Å². The van der Waals surface area contributed by atoms with Gasteiger partial charge in [-0.25, -0.2) is 4.98 Å². The summed E-state index contributed by atoms with van der Waals surface area (Å²) in [5.74, 6) is 0.197. The molecule has 4 rings (SSSR count). The Labute approximate surface area is 159 Å². The number of aromatic nitrogens is 1. The zero-order valence-corrected chi connectivity index (χ0v) is 16.1. The van der Waals surface area contributed by atoms with Crippen LogP contribution in [-0.2, 0) is 11.3 Å². The van der Waals surface area contributed by atoms with Crippen molar-refractivity contribution in [2.24, 2.45) is 0 Å². The second kappa shape index (κ2) is 7.47. The van der Waals surface area contributed by atoms with Crippen LogP contribution in [0, 0.1) is 0 Å². The van der Waals surface area contributed by atoms with E-state index in [1.807, 2.05) is 12.3 Å². The predicted octanol–water partition coefficient (Wildman–Crippen LogP) is 2.60. The van der Waals surface area contributed by atoms with E-state index in [4.69, 9.17) is 0 Å². The van der Waals surface area contributed by atoms with Crippen molar-refractivity contribution >= 4 is 17.2 Å². The van der Waals surface area contributed by atoms with Gasteiger partial charge in [-0.1, -0.05) is 30.3 Å². The monoisotopic (exact) mass is 370 g/mol. The average molecular weight is 371 g/mol. The average Bonchev–Trinajstić information content (AvgIpc) is 3.04. The van der Waals surface area contributed by atoms with E-state index in [0.717, 1.165) is 50.6 Å². The first kappa shape index (κ1) is 17.6. The standard InChI is InChI=1S/C20H26N4OS/c1-23-11-12-24(15-20(23)8-7-18(25)21-10-9-20)14-17-13-22-19(26-17)16-5-3-2-4-6-16/h2-6,13H,7-12,14-15H2,1H3,(H,21,25)/t20-/m1/s1. The largest absolute Gasteiger partial charge is 0.356 e. The maximum atomic E-state index is 11.8. The van der Waals surface area contributed by atoms with E-state index in [9.17, 15) is 4.79 Å². The molecule has 1 amide bonds. The summed E-state index contributed by atoms with van der Waals surface area (Å²) in [6, 6.07) is 10.4. The first-order chi connectivity index (χ1) is 12.6. The van der Waals surface area contributed by atoms with Crippen LogP contribution in [0.5, 0.6) is 0 Å². The molecule has 0 unspecified atom stereocenters. The normalized spacial score (nSPS) is 25.2. The summed E-state index contributed by atoms with van der Waals surface area (Å²) in [5.41, 5.74) is 1.30. The number of nitrogens with one attached hydrogen (secondary N) is 1. The lowest BCUT2D eigenvalue weighted by Gasteiger charge is -2.49. The number of likely N-dealkylation sites (N-methyl/N-ethyl adjacent to an activating group) is 1. The van der Waals surface area contributed by atoms with Crippen molar-refractivity contribution in [3.8, 4) is 10.6 Å². The molecule has 2 aromatic rings. The molecule has 1 atom stereocenters. The highest BCUT2D eigenvalue weighted by Gasteiger charge is 2.40. The Morgan fingerprint density at radius 3 is 2.92 bits per heavy atom. The Kier molecular flexibility index (Phi) is 5.07. The zero-order valence-electron chi connectivity index (χ0n) is 15.3. The fourth-order valence-electron chi connectivity index (χ4n) is 4.13. The number of thiazole rings is 1. The third-order valence-electron chi connectivity index (χ3n) is 5.76. The summed E-state index contributed by atoms with van der Waals surface area (Å²) in [6.45, 7) is 4.88. The topological polar surface area (TPSA) is 48.5 Å². The highest BCUT2D eigenvalue weighted by Crippen LogP contribution is 2.32. The van der Waals surface area contributed by atoms with Gasteiger partial charge in [-0.15, -0.1) is 11.3 Å². The molecule has 0 bridgehead atoms. The molecule has 138 valence electrons. The van der Waals surface area contributed by atoms with Gasteiger partial charge in [-0.05, 0) is 19.9 Å². The van der Waals surface area contributed by atoms with Gasteiger partial charge in [0, 0.05) is 61.3 Å². The van der Waals surface area contributed by atoms with Crippen LogP contribution in [0.4, 0.5) is 0 Å². The molecule has 2 aliphatic rings. The number of amides is 1. The summed E-state index contributed by atoms with van der Waals surface area (Å²) in [4.78, 5) is 22.7. The maximum absolute atomic E-state index is 11.8. The smallest absolute Gasteiger partial charge is 0.220 e. The fourth-order valence-corrected chi connectivity index (χ4v) is 5.09. The number of nitrogens with zero attached hydrogens (tertiary/aromatic N) is 3. The third-order valence-corrected chi connectivity index (χ3v) is 6.79. The molecule has 0 saturated carbocycles. The molecular weight excluding hydrogens is 344 g/mol. The molecule has 26 heavy (non-hydrogen) atoms. The SMILES string of the molecule is CN1CCN(Cc2cnc(-c3ccccc3)s2)C[C@@]12CCNC(=O)CC2. The fraction of sp³-hybridized carbons (Fsp3) is 0.500. The maximum Gasteiger partial charge on any atom is 0.220 e. The van der Waals surface area contributed by atoms with E-state index in [-0.39, 0.29) is 11.4 Å². The lowest BCUT2D eigenvalue weighted by Crippen LogP contribution is -2.60. The first-order valence-electron chi connectivity index (χ1n) is 9.35. The van der Waals surface area contributed by atoms with Crippen LogP contribution in [0.3, 0.4) is 0 Å². The Hall–Kier alpha value is -1.76. The minimum Gasteiger partial charge on any atom is -0.356 e. The number of rotatable bonds is 3. The van der Waals surface area contributed by atoms with Crippen molar-refractivity contribution in [2.75, 3.05) is 33.2 Å². The number of carbonyl (C=O) groups is 1. The van der Waals surface area contributed by atoms with E-state index in [2.05, 4.69) is 51.4 Å². The van der Waals surface area contributed by atoms with Crippen molar-refractivity contribution in [3.05, 3.63) is 41.4 Å². The van der Waals surface area contributed by atoms with Crippen molar-refractivity contribution < 1.29 is 4.79 Å². The van der Waals surface area contributed by atoms with Crippen molar-refractivity contribution in [1.29, 1.82) is 0 Å². The van der Waals surface area contributed by atoms with Crippen LogP contribution in [0.1, 0.15) is 24.1 Å². The van der Waals surface area contributed by atoms with Gasteiger partial charge < -0.3 is 5.32 Å². The number of carbonyl (C=O) groups excluding carboxylic acids is 1. The summed E-state index contributed by atoms with van der Waals surface area (Å²) in [5, 5.41) is 4.12. The Balaban J connectivity index is 1.45. The van der Waals surface area contributed by atoms with Gasteiger partial charge in [-0.2, -0.15) is 0 Å². The lowest BCUT2D eigenvalue weighted by atomic mass is 9.86. The molecule has 0 aliphatic carbocycles. The van der Waals surface area contributed by atoms with E-state index < -0.39 is 0 Å². The van der Waals surface area contributed by atoms with Crippen LogP contribution in [0.25, 0.3) is 10.6 Å². The van der Waals surface area contributed by atoms with Crippen LogP contribution >= 0.6 is 11.3 Å². The highest BCUT2D eigenvalue weighted by atomic mass is 32.1. The van der Waals surface area contributed by atoms with Gasteiger partial charge in [0.15, 0.2) is 0 Å². The lowest BCUT2D eigenvalue weighted by molar-refractivity contribution is -0.121. The van der Waals surface area contributed by atoms with Gasteiger partial charge in [0.2, 0.25) is 5.91 Å². The van der Waals surface area contributed by atoms with E-state index >= 15 is 0 Å². The molecule has 5 nitrogen and oxygen atoms in total. The van der Waals surface area contributed by atoms with Gasteiger partial charge in [-0.3, -0.25) is 14.6 Å². The Morgan fingerprint density at radius 1 is 1.23 bits per heavy atom. The number of hydrogen-bond acceptors (Lipinski definition) is 5. The number of piperazine rings is 1. The second-order valence-corrected chi connectivity index (χ2v) is 8.57. The quantitative estimate of drug-likeness (QED) is 0.902. The van der Waals surface area contributed by atoms with Gasteiger partial charge in [0.05, 0.1) is 0 Å².